The van der Waals surface area contributed by atoms with Gasteiger partial charge in [0.2, 0.25) is 5.91 Å². The number of carbonyl (C=O) groups excluding carboxylic acids is 1. The highest BCUT2D eigenvalue weighted by Gasteiger charge is 2.02. The summed E-state index contributed by atoms with van der Waals surface area (Å²) in [5.41, 5.74) is 0.436. The Bertz CT molecular complexity index is 442. The van der Waals surface area contributed by atoms with Gasteiger partial charge in [-0.1, -0.05) is 11.6 Å². The van der Waals surface area contributed by atoms with Crippen LogP contribution in [-0.4, -0.2) is 24.0 Å². The average Bonchev–Trinajstić information content (AvgIpc) is 2.28. The molecule has 1 heterocycles. The highest BCUT2D eigenvalue weighted by Crippen LogP contribution is 2.13. The van der Waals surface area contributed by atoms with E-state index in [-0.39, 0.29) is 11.1 Å². The van der Waals surface area contributed by atoms with Crippen molar-refractivity contribution in [1.29, 1.82) is 5.26 Å². The molecular formula is C11H13ClN4O. The van der Waals surface area contributed by atoms with Gasteiger partial charge >= 0.3 is 0 Å². The fourth-order valence-electron chi connectivity index (χ4n) is 1.24. The molecule has 0 aliphatic carbocycles. The lowest BCUT2D eigenvalue weighted by molar-refractivity contribution is -0.120. The smallest absolute Gasteiger partial charge is 0.221 e. The third kappa shape index (κ3) is 4.70. The maximum Gasteiger partial charge on any atom is 0.221 e. The van der Waals surface area contributed by atoms with E-state index >= 15 is 0 Å². The lowest BCUT2D eigenvalue weighted by Gasteiger charge is -2.06. The largest absolute Gasteiger partial charge is 0.369 e. The summed E-state index contributed by atoms with van der Waals surface area (Å²) in [6.45, 7) is 2.93. The summed E-state index contributed by atoms with van der Waals surface area (Å²) in [4.78, 5) is 15.2. The molecule has 0 aromatic carbocycles. The number of aromatic nitrogens is 1. The van der Waals surface area contributed by atoms with Crippen molar-refractivity contribution < 1.29 is 4.79 Å². The first kappa shape index (κ1) is 13.3. The number of hydrogen-bond acceptors (Lipinski definition) is 4. The van der Waals surface area contributed by atoms with Crippen LogP contribution < -0.4 is 10.6 Å². The summed E-state index contributed by atoms with van der Waals surface area (Å²) in [6, 6.07) is 5.05. The van der Waals surface area contributed by atoms with Crippen molar-refractivity contribution in [3.05, 3.63) is 22.8 Å². The molecule has 0 radical (unpaired) electrons. The highest BCUT2D eigenvalue weighted by atomic mass is 35.5. The number of rotatable bonds is 5. The first-order chi connectivity index (χ1) is 8.15. The van der Waals surface area contributed by atoms with Crippen LogP contribution in [0.3, 0.4) is 0 Å². The topological polar surface area (TPSA) is 77.8 Å². The van der Waals surface area contributed by atoms with E-state index in [1.807, 2.05) is 13.0 Å². The fraction of sp³-hybridized carbons (Fsp3) is 0.364. The van der Waals surface area contributed by atoms with Gasteiger partial charge in [-0.3, -0.25) is 4.79 Å². The molecule has 0 saturated carbocycles. The molecule has 0 saturated heterocycles. The Morgan fingerprint density at radius 2 is 2.35 bits per heavy atom. The first-order valence-corrected chi connectivity index (χ1v) is 5.61. The van der Waals surface area contributed by atoms with Gasteiger partial charge in [-0.2, -0.15) is 5.26 Å². The molecule has 0 aliphatic rings. The third-order valence-electron chi connectivity index (χ3n) is 1.96. The molecule has 5 nitrogen and oxygen atoms in total. The van der Waals surface area contributed by atoms with Crippen LogP contribution in [0.2, 0.25) is 5.15 Å². The van der Waals surface area contributed by atoms with Crippen LogP contribution in [0.1, 0.15) is 18.9 Å². The lowest BCUT2D eigenvalue weighted by Crippen LogP contribution is -2.24. The van der Waals surface area contributed by atoms with Gasteiger partial charge in [0.25, 0.3) is 0 Å². The zero-order chi connectivity index (χ0) is 12.7. The van der Waals surface area contributed by atoms with Crippen LogP contribution in [0.4, 0.5) is 5.82 Å². The van der Waals surface area contributed by atoms with Crippen LogP contribution in [0.15, 0.2) is 12.1 Å². The second-order valence-corrected chi connectivity index (χ2v) is 3.69. The van der Waals surface area contributed by atoms with E-state index in [4.69, 9.17) is 16.9 Å². The van der Waals surface area contributed by atoms with Crippen molar-refractivity contribution in [1.82, 2.24) is 10.3 Å². The minimum Gasteiger partial charge on any atom is -0.369 e. The number of anilines is 1. The Balaban J connectivity index is 2.50. The van der Waals surface area contributed by atoms with Crippen molar-refractivity contribution in [3.8, 4) is 6.07 Å². The van der Waals surface area contributed by atoms with Gasteiger partial charge in [-0.05, 0) is 19.1 Å². The summed E-state index contributed by atoms with van der Waals surface area (Å²) in [5.74, 6) is 0.473. The van der Waals surface area contributed by atoms with Crippen molar-refractivity contribution in [2.24, 2.45) is 0 Å². The lowest BCUT2D eigenvalue weighted by atomic mass is 10.3. The Morgan fingerprint density at radius 1 is 1.59 bits per heavy atom. The summed E-state index contributed by atoms with van der Waals surface area (Å²) in [6.07, 6.45) is 0.351. The summed E-state index contributed by atoms with van der Waals surface area (Å²) < 4.78 is 0. The molecule has 90 valence electrons. The van der Waals surface area contributed by atoms with Crippen molar-refractivity contribution in [2.75, 3.05) is 18.4 Å². The minimum atomic E-state index is -0.0254. The fourth-order valence-corrected chi connectivity index (χ4v) is 1.45. The number of amides is 1. The monoisotopic (exact) mass is 252 g/mol. The Hall–Kier alpha value is -1.80. The van der Waals surface area contributed by atoms with E-state index in [9.17, 15) is 4.79 Å². The van der Waals surface area contributed by atoms with E-state index in [1.165, 1.54) is 6.07 Å². The van der Waals surface area contributed by atoms with Gasteiger partial charge in [0.1, 0.15) is 11.0 Å². The Kier molecular flexibility index (Phi) is 5.24. The van der Waals surface area contributed by atoms with E-state index in [2.05, 4.69) is 15.6 Å². The molecule has 0 spiro atoms. The van der Waals surface area contributed by atoms with Crippen LogP contribution in [0.5, 0.6) is 0 Å². The van der Waals surface area contributed by atoms with Gasteiger partial charge in [0, 0.05) is 19.5 Å². The normalized spacial score (nSPS) is 9.47. The zero-order valence-corrected chi connectivity index (χ0v) is 10.2. The average molecular weight is 253 g/mol. The number of nitrogens with zero attached hydrogens (tertiary/aromatic N) is 2. The molecule has 0 aliphatic heterocycles. The summed E-state index contributed by atoms with van der Waals surface area (Å²) >= 11 is 5.74. The van der Waals surface area contributed by atoms with Crippen LogP contribution in [-0.2, 0) is 4.79 Å². The van der Waals surface area contributed by atoms with E-state index in [0.29, 0.717) is 30.9 Å². The molecule has 6 heteroatoms. The van der Waals surface area contributed by atoms with Gasteiger partial charge in [0.05, 0.1) is 11.6 Å². The maximum atomic E-state index is 11.2. The summed E-state index contributed by atoms with van der Waals surface area (Å²) in [7, 11) is 0. The summed E-state index contributed by atoms with van der Waals surface area (Å²) in [5, 5.41) is 14.6. The van der Waals surface area contributed by atoms with Crippen molar-refractivity contribution in [2.45, 2.75) is 13.3 Å². The van der Waals surface area contributed by atoms with Crippen LogP contribution >= 0.6 is 11.6 Å². The molecule has 0 bridgehead atoms. The molecule has 0 unspecified atom stereocenters. The molecule has 0 fully saturated rings. The number of carbonyl (C=O) groups is 1. The quantitative estimate of drug-likeness (QED) is 0.780. The molecule has 17 heavy (non-hydrogen) atoms. The molecule has 0 atom stereocenters. The van der Waals surface area contributed by atoms with Crippen molar-refractivity contribution in [3.63, 3.8) is 0 Å². The van der Waals surface area contributed by atoms with Gasteiger partial charge in [-0.15, -0.1) is 0 Å². The van der Waals surface area contributed by atoms with E-state index < -0.39 is 0 Å². The predicted molar refractivity (Wildman–Crippen MR) is 65.8 cm³/mol. The molecule has 1 aromatic heterocycles. The van der Waals surface area contributed by atoms with E-state index in [1.54, 1.807) is 6.07 Å². The Labute approximate surface area is 105 Å². The molecule has 1 aromatic rings. The van der Waals surface area contributed by atoms with E-state index in [0.717, 1.165) is 0 Å². The van der Waals surface area contributed by atoms with Crippen LogP contribution in [0, 0.1) is 11.3 Å². The first-order valence-electron chi connectivity index (χ1n) is 5.24. The number of nitriles is 1. The Morgan fingerprint density at radius 3 is 3.00 bits per heavy atom. The van der Waals surface area contributed by atoms with Gasteiger partial charge in [0.15, 0.2) is 0 Å². The highest BCUT2D eigenvalue weighted by molar-refractivity contribution is 6.29. The van der Waals surface area contributed by atoms with Crippen LogP contribution in [0.25, 0.3) is 0 Å². The predicted octanol–water partition coefficient (Wildman–Crippen LogP) is 1.54. The second kappa shape index (κ2) is 6.71. The minimum absolute atomic E-state index is 0.0254. The molecule has 1 amide bonds. The molecular weight excluding hydrogens is 240 g/mol. The van der Waals surface area contributed by atoms with Crippen molar-refractivity contribution >= 4 is 23.3 Å². The number of halogens is 1. The third-order valence-corrected chi connectivity index (χ3v) is 2.15. The SMILES string of the molecule is CCNC(=O)CCNc1cc(C#N)cc(Cl)n1. The second-order valence-electron chi connectivity index (χ2n) is 3.31. The molecule has 1 rings (SSSR count). The zero-order valence-electron chi connectivity index (χ0n) is 9.46. The molecule has 2 N–H and O–H groups in total. The standard InChI is InChI=1S/C11H13ClN4O/c1-2-14-11(17)3-4-15-10-6-8(7-13)5-9(12)16-10/h5-6H,2-4H2,1H3,(H,14,17)(H,15,16). The number of hydrogen-bond donors (Lipinski definition) is 2. The number of nitrogens with one attached hydrogen (secondary N) is 2. The number of pyridine rings is 1. The van der Waals surface area contributed by atoms with Gasteiger partial charge in [-0.25, -0.2) is 4.98 Å². The van der Waals surface area contributed by atoms with Gasteiger partial charge < -0.3 is 10.6 Å². The maximum absolute atomic E-state index is 11.2.